The first kappa shape index (κ1) is 14.3. The van der Waals surface area contributed by atoms with E-state index in [-0.39, 0.29) is 0 Å². The highest BCUT2D eigenvalue weighted by atomic mass is 32.2. The molecule has 2 aliphatic heterocycles. The molecule has 2 aliphatic rings. The van der Waals surface area contributed by atoms with Gasteiger partial charge in [-0.15, -0.1) is 0 Å². The summed E-state index contributed by atoms with van der Waals surface area (Å²) in [5.41, 5.74) is 0. The Morgan fingerprint density at radius 3 is 2.50 bits per heavy atom. The second-order valence-electron chi connectivity index (χ2n) is 6.04. The SMILES string of the molecule is CC(C)C1CN(C2CCS(=O)(=O)CC2)CCCN1. The predicted octanol–water partition coefficient (Wildman–Crippen LogP) is 0.884. The first-order valence-corrected chi connectivity index (χ1v) is 8.98. The third-order valence-electron chi connectivity index (χ3n) is 4.31. The molecule has 1 unspecified atom stereocenters. The summed E-state index contributed by atoms with van der Waals surface area (Å²) in [5.74, 6) is 1.40. The molecule has 0 spiro atoms. The Morgan fingerprint density at radius 1 is 1.22 bits per heavy atom. The third-order valence-corrected chi connectivity index (χ3v) is 6.02. The third kappa shape index (κ3) is 3.68. The molecule has 2 saturated heterocycles. The minimum atomic E-state index is -2.74. The van der Waals surface area contributed by atoms with Crippen molar-refractivity contribution >= 4 is 9.84 Å². The van der Waals surface area contributed by atoms with Gasteiger partial charge in [-0.3, -0.25) is 4.90 Å². The Balaban J connectivity index is 1.95. The molecule has 2 heterocycles. The molecule has 5 heteroatoms. The van der Waals surface area contributed by atoms with Crippen molar-refractivity contribution in [1.29, 1.82) is 0 Å². The summed E-state index contributed by atoms with van der Waals surface area (Å²) < 4.78 is 23.0. The lowest BCUT2D eigenvalue weighted by molar-refractivity contribution is 0.169. The highest BCUT2D eigenvalue weighted by Crippen LogP contribution is 2.20. The summed E-state index contributed by atoms with van der Waals surface area (Å²) in [4.78, 5) is 2.53. The lowest BCUT2D eigenvalue weighted by Crippen LogP contribution is -2.47. The van der Waals surface area contributed by atoms with Crippen LogP contribution in [0.1, 0.15) is 33.1 Å². The smallest absolute Gasteiger partial charge is 0.150 e. The standard InChI is InChI=1S/C13H26N2O2S/c1-11(2)13-10-15(7-3-6-14-13)12-4-8-18(16,17)9-5-12/h11-14H,3-10H2,1-2H3. The van der Waals surface area contributed by atoms with Gasteiger partial charge in [-0.2, -0.15) is 0 Å². The fourth-order valence-corrected chi connectivity index (χ4v) is 4.47. The first-order chi connectivity index (χ1) is 8.48. The number of hydrogen-bond donors (Lipinski definition) is 1. The van der Waals surface area contributed by atoms with Gasteiger partial charge >= 0.3 is 0 Å². The van der Waals surface area contributed by atoms with Gasteiger partial charge in [0, 0.05) is 18.6 Å². The number of rotatable bonds is 2. The average Bonchev–Trinajstić information content (AvgIpc) is 2.54. The summed E-state index contributed by atoms with van der Waals surface area (Å²) in [5, 5.41) is 3.61. The van der Waals surface area contributed by atoms with E-state index in [9.17, 15) is 8.42 Å². The predicted molar refractivity (Wildman–Crippen MR) is 74.5 cm³/mol. The van der Waals surface area contributed by atoms with Crippen molar-refractivity contribution in [1.82, 2.24) is 10.2 Å². The molecule has 2 fully saturated rings. The maximum Gasteiger partial charge on any atom is 0.150 e. The van der Waals surface area contributed by atoms with Crippen molar-refractivity contribution in [2.45, 2.75) is 45.2 Å². The summed E-state index contributed by atoms with van der Waals surface area (Å²) in [6.07, 6.45) is 2.83. The fourth-order valence-electron chi connectivity index (χ4n) is 3.00. The Kier molecular flexibility index (Phi) is 4.67. The van der Waals surface area contributed by atoms with Gasteiger partial charge in [0.15, 0.2) is 0 Å². The van der Waals surface area contributed by atoms with Crippen LogP contribution in [0.2, 0.25) is 0 Å². The van der Waals surface area contributed by atoms with Crippen LogP contribution in [0.3, 0.4) is 0 Å². The highest BCUT2D eigenvalue weighted by Gasteiger charge is 2.30. The molecule has 0 aromatic rings. The van der Waals surface area contributed by atoms with Crippen molar-refractivity contribution in [3.05, 3.63) is 0 Å². The Bertz CT molecular complexity index is 353. The van der Waals surface area contributed by atoms with Crippen LogP contribution < -0.4 is 5.32 Å². The second-order valence-corrected chi connectivity index (χ2v) is 8.34. The van der Waals surface area contributed by atoms with Crippen molar-refractivity contribution < 1.29 is 8.42 Å². The van der Waals surface area contributed by atoms with E-state index in [0.717, 1.165) is 32.5 Å². The second kappa shape index (κ2) is 5.88. The lowest BCUT2D eigenvalue weighted by atomic mass is 10.0. The van der Waals surface area contributed by atoms with Gasteiger partial charge in [-0.05, 0) is 38.3 Å². The van der Waals surface area contributed by atoms with Crippen LogP contribution >= 0.6 is 0 Å². The molecule has 106 valence electrons. The largest absolute Gasteiger partial charge is 0.312 e. The zero-order chi connectivity index (χ0) is 13.2. The van der Waals surface area contributed by atoms with Crippen LogP contribution in [-0.4, -0.2) is 56.5 Å². The molecule has 0 bridgehead atoms. The summed E-state index contributed by atoms with van der Waals surface area (Å²) >= 11 is 0. The topological polar surface area (TPSA) is 49.4 Å². The summed E-state index contributed by atoms with van der Waals surface area (Å²) in [6, 6.07) is 1.03. The zero-order valence-electron chi connectivity index (χ0n) is 11.6. The van der Waals surface area contributed by atoms with Gasteiger partial charge in [-0.25, -0.2) is 8.42 Å². The molecule has 0 saturated carbocycles. The molecule has 2 rings (SSSR count). The van der Waals surface area contributed by atoms with Gasteiger partial charge < -0.3 is 5.32 Å². The maximum atomic E-state index is 11.5. The average molecular weight is 274 g/mol. The monoisotopic (exact) mass is 274 g/mol. The van der Waals surface area contributed by atoms with Crippen LogP contribution in [0.5, 0.6) is 0 Å². The molecule has 0 radical (unpaired) electrons. The van der Waals surface area contributed by atoms with Gasteiger partial charge in [0.2, 0.25) is 0 Å². The van der Waals surface area contributed by atoms with Gasteiger partial charge in [0.25, 0.3) is 0 Å². The van der Waals surface area contributed by atoms with E-state index in [0.29, 0.717) is 29.5 Å². The van der Waals surface area contributed by atoms with Crippen molar-refractivity contribution in [2.24, 2.45) is 5.92 Å². The lowest BCUT2D eigenvalue weighted by Gasteiger charge is -2.35. The number of sulfone groups is 1. The fraction of sp³-hybridized carbons (Fsp3) is 1.00. The first-order valence-electron chi connectivity index (χ1n) is 7.16. The van der Waals surface area contributed by atoms with E-state index in [1.54, 1.807) is 0 Å². The molecule has 4 nitrogen and oxygen atoms in total. The van der Waals surface area contributed by atoms with Gasteiger partial charge in [0.05, 0.1) is 11.5 Å². The Labute approximate surface area is 111 Å². The van der Waals surface area contributed by atoms with E-state index < -0.39 is 9.84 Å². The number of hydrogen-bond acceptors (Lipinski definition) is 4. The molecule has 0 amide bonds. The summed E-state index contributed by atoms with van der Waals surface area (Å²) in [6.45, 7) is 7.78. The minimum Gasteiger partial charge on any atom is -0.312 e. The van der Waals surface area contributed by atoms with E-state index in [2.05, 4.69) is 24.1 Å². The van der Waals surface area contributed by atoms with E-state index >= 15 is 0 Å². The number of nitrogens with one attached hydrogen (secondary N) is 1. The van der Waals surface area contributed by atoms with Crippen LogP contribution in [0.25, 0.3) is 0 Å². The quantitative estimate of drug-likeness (QED) is 0.812. The molecular formula is C13H26N2O2S. The van der Waals surface area contributed by atoms with Crippen LogP contribution in [0, 0.1) is 5.92 Å². The van der Waals surface area contributed by atoms with E-state index in [1.807, 2.05) is 0 Å². The van der Waals surface area contributed by atoms with E-state index in [1.165, 1.54) is 6.42 Å². The van der Waals surface area contributed by atoms with Crippen LogP contribution in [0.15, 0.2) is 0 Å². The maximum absolute atomic E-state index is 11.5. The van der Waals surface area contributed by atoms with Gasteiger partial charge in [0.1, 0.15) is 9.84 Å². The van der Waals surface area contributed by atoms with Crippen molar-refractivity contribution in [3.63, 3.8) is 0 Å². The molecule has 1 atom stereocenters. The Hall–Kier alpha value is -0.130. The van der Waals surface area contributed by atoms with Crippen LogP contribution in [0.4, 0.5) is 0 Å². The highest BCUT2D eigenvalue weighted by molar-refractivity contribution is 7.91. The summed E-state index contributed by atoms with van der Waals surface area (Å²) in [7, 11) is -2.74. The Morgan fingerprint density at radius 2 is 1.89 bits per heavy atom. The minimum absolute atomic E-state index is 0.383. The normalized spacial score (nSPS) is 31.4. The molecular weight excluding hydrogens is 248 g/mol. The van der Waals surface area contributed by atoms with Crippen molar-refractivity contribution in [3.8, 4) is 0 Å². The zero-order valence-corrected chi connectivity index (χ0v) is 12.4. The van der Waals surface area contributed by atoms with E-state index in [4.69, 9.17) is 0 Å². The molecule has 0 aromatic heterocycles. The molecule has 0 aliphatic carbocycles. The van der Waals surface area contributed by atoms with Crippen molar-refractivity contribution in [2.75, 3.05) is 31.1 Å². The van der Waals surface area contributed by atoms with Crippen LogP contribution in [-0.2, 0) is 9.84 Å². The molecule has 18 heavy (non-hydrogen) atoms. The van der Waals surface area contributed by atoms with Gasteiger partial charge in [-0.1, -0.05) is 13.8 Å². The molecule has 0 aromatic carbocycles. The number of nitrogens with zero attached hydrogens (tertiary/aromatic N) is 1. The molecule has 1 N–H and O–H groups in total.